The molecule has 2 heteroatoms. The van der Waals surface area contributed by atoms with Crippen molar-refractivity contribution < 1.29 is 0 Å². The molecule has 0 saturated carbocycles. The SMILES string of the molecule is Cc1ccc2nc(C(C)C)cc(C(C)N)c2c1. The van der Waals surface area contributed by atoms with Gasteiger partial charge in [-0.1, -0.05) is 25.5 Å². The van der Waals surface area contributed by atoms with Crippen molar-refractivity contribution in [1.82, 2.24) is 4.98 Å². The first-order chi connectivity index (χ1) is 7.99. The first-order valence-corrected chi connectivity index (χ1v) is 6.16. The fourth-order valence-corrected chi connectivity index (χ4v) is 2.06. The number of fused-ring (bicyclic) bond motifs is 1. The highest BCUT2D eigenvalue weighted by Crippen LogP contribution is 2.26. The van der Waals surface area contributed by atoms with Crippen LogP contribution in [-0.2, 0) is 0 Å². The molecule has 2 N–H and O–H groups in total. The summed E-state index contributed by atoms with van der Waals surface area (Å²) in [5, 5.41) is 1.18. The normalized spacial score (nSPS) is 13.3. The number of nitrogens with two attached hydrogens (primary N) is 1. The number of aromatic nitrogens is 1. The van der Waals surface area contributed by atoms with E-state index in [1.54, 1.807) is 0 Å². The lowest BCUT2D eigenvalue weighted by Crippen LogP contribution is -2.08. The Balaban J connectivity index is 2.76. The van der Waals surface area contributed by atoms with Gasteiger partial charge in [-0.25, -0.2) is 0 Å². The van der Waals surface area contributed by atoms with Gasteiger partial charge in [-0.15, -0.1) is 0 Å². The van der Waals surface area contributed by atoms with Gasteiger partial charge in [0.15, 0.2) is 0 Å². The van der Waals surface area contributed by atoms with Crippen molar-refractivity contribution >= 4 is 10.9 Å². The number of pyridine rings is 1. The zero-order valence-corrected chi connectivity index (χ0v) is 11.0. The number of rotatable bonds is 2. The Hall–Kier alpha value is -1.41. The maximum atomic E-state index is 6.07. The number of aryl methyl sites for hydroxylation is 1. The van der Waals surface area contributed by atoms with Gasteiger partial charge >= 0.3 is 0 Å². The van der Waals surface area contributed by atoms with E-state index in [-0.39, 0.29) is 6.04 Å². The lowest BCUT2D eigenvalue weighted by Gasteiger charge is -2.14. The third kappa shape index (κ3) is 2.32. The molecule has 1 aromatic carbocycles. The van der Waals surface area contributed by atoms with Crippen LogP contribution in [0.25, 0.3) is 10.9 Å². The van der Waals surface area contributed by atoms with Crippen LogP contribution in [0.3, 0.4) is 0 Å². The molecular formula is C15H20N2. The predicted octanol–water partition coefficient (Wildman–Crippen LogP) is 3.69. The van der Waals surface area contributed by atoms with E-state index in [9.17, 15) is 0 Å². The summed E-state index contributed by atoms with van der Waals surface area (Å²) in [7, 11) is 0. The summed E-state index contributed by atoms with van der Waals surface area (Å²) < 4.78 is 0. The topological polar surface area (TPSA) is 38.9 Å². The first-order valence-electron chi connectivity index (χ1n) is 6.16. The van der Waals surface area contributed by atoms with Crippen molar-refractivity contribution in [3.63, 3.8) is 0 Å². The van der Waals surface area contributed by atoms with Gasteiger partial charge in [0.1, 0.15) is 0 Å². The van der Waals surface area contributed by atoms with Crippen LogP contribution in [0.5, 0.6) is 0 Å². The molecule has 2 aromatic rings. The number of benzene rings is 1. The first kappa shape index (κ1) is 12.1. The quantitative estimate of drug-likeness (QED) is 0.851. The van der Waals surface area contributed by atoms with Crippen LogP contribution in [0.1, 0.15) is 49.6 Å². The van der Waals surface area contributed by atoms with Crippen molar-refractivity contribution in [2.45, 2.75) is 39.7 Å². The highest BCUT2D eigenvalue weighted by atomic mass is 14.7. The van der Waals surface area contributed by atoms with Crippen LogP contribution >= 0.6 is 0 Å². The van der Waals surface area contributed by atoms with E-state index in [4.69, 9.17) is 10.7 Å². The van der Waals surface area contributed by atoms with Crippen LogP contribution in [0.4, 0.5) is 0 Å². The number of hydrogen-bond donors (Lipinski definition) is 1. The Morgan fingerprint density at radius 1 is 1.12 bits per heavy atom. The van der Waals surface area contributed by atoms with Crippen LogP contribution in [0, 0.1) is 6.92 Å². The lowest BCUT2D eigenvalue weighted by atomic mass is 9.98. The second-order valence-electron chi connectivity index (χ2n) is 5.10. The molecule has 0 spiro atoms. The van der Waals surface area contributed by atoms with Crippen LogP contribution in [-0.4, -0.2) is 4.98 Å². The van der Waals surface area contributed by atoms with Crippen molar-refractivity contribution in [2.75, 3.05) is 0 Å². The van der Waals surface area contributed by atoms with E-state index < -0.39 is 0 Å². The van der Waals surface area contributed by atoms with Crippen molar-refractivity contribution in [3.8, 4) is 0 Å². The van der Waals surface area contributed by atoms with Crippen LogP contribution in [0.15, 0.2) is 24.3 Å². The standard InChI is InChI=1S/C15H20N2/c1-9(2)15-8-12(11(4)16)13-7-10(3)5-6-14(13)17-15/h5-9,11H,16H2,1-4H3. The Labute approximate surface area is 103 Å². The van der Waals surface area contributed by atoms with E-state index >= 15 is 0 Å². The monoisotopic (exact) mass is 228 g/mol. The fourth-order valence-electron chi connectivity index (χ4n) is 2.06. The molecule has 1 heterocycles. The van der Waals surface area contributed by atoms with Crippen LogP contribution in [0.2, 0.25) is 0 Å². The van der Waals surface area contributed by atoms with Gasteiger partial charge < -0.3 is 5.73 Å². The number of hydrogen-bond acceptors (Lipinski definition) is 2. The molecule has 0 radical (unpaired) electrons. The molecule has 0 aliphatic heterocycles. The second kappa shape index (κ2) is 4.46. The van der Waals surface area contributed by atoms with Gasteiger partial charge in [-0.3, -0.25) is 4.98 Å². The molecule has 0 aliphatic carbocycles. The molecule has 1 aromatic heterocycles. The molecule has 0 bridgehead atoms. The molecule has 0 aliphatic rings. The third-order valence-corrected chi connectivity index (χ3v) is 3.10. The van der Waals surface area contributed by atoms with Crippen molar-refractivity contribution in [3.05, 3.63) is 41.1 Å². The predicted molar refractivity (Wildman–Crippen MR) is 73.2 cm³/mol. The molecule has 0 fully saturated rings. The van der Waals surface area contributed by atoms with Crippen molar-refractivity contribution in [2.24, 2.45) is 5.73 Å². The Morgan fingerprint density at radius 3 is 2.41 bits per heavy atom. The molecular weight excluding hydrogens is 208 g/mol. The highest BCUT2D eigenvalue weighted by Gasteiger charge is 2.11. The van der Waals surface area contributed by atoms with E-state index in [1.807, 2.05) is 6.92 Å². The van der Waals surface area contributed by atoms with Gasteiger partial charge in [0.2, 0.25) is 0 Å². The van der Waals surface area contributed by atoms with Crippen LogP contribution < -0.4 is 5.73 Å². The maximum absolute atomic E-state index is 6.07. The smallest absolute Gasteiger partial charge is 0.0708 e. The minimum Gasteiger partial charge on any atom is -0.324 e. The summed E-state index contributed by atoms with van der Waals surface area (Å²) in [6, 6.07) is 8.55. The highest BCUT2D eigenvalue weighted by molar-refractivity contribution is 5.83. The van der Waals surface area contributed by atoms with Gasteiger partial charge in [0, 0.05) is 17.1 Å². The molecule has 1 atom stereocenters. The minimum atomic E-state index is 0.0415. The Bertz CT molecular complexity index is 542. The lowest BCUT2D eigenvalue weighted by molar-refractivity contribution is 0.794. The average Bonchev–Trinajstić information content (AvgIpc) is 2.27. The number of nitrogens with zero attached hydrogens (tertiary/aromatic N) is 1. The van der Waals surface area contributed by atoms with Gasteiger partial charge in [-0.2, -0.15) is 0 Å². The third-order valence-electron chi connectivity index (χ3n) is 3.10. The van der Waals surface area contributed by atoms with E-state index in [1.165, 1.54) is 16.5 Å². The summed E-state index contributed by atoms with van der Waals surface area (Å²) in [6.07, 6.45) is 0. The zero-order valence-electron chi connectivity index (χ0n) is 11.0. The zero-order chi connectivity index (χ0) is 12.6. The Kier molecular flexibility index (Phi) is 3.16. The van der Waals surface area contributed by atoms with Gasteiger partial charge in [0.05, 0.1) is 5.52 Å². The summed E-state index contributed by atoms with van der Waals surface area (Å²) in [6.45, 7) is 8.45. The van der Waals surface area contributed by atoms with Crippen molar-refractivity contribution in [1.29, 1.82) is 0 Å². The summed E-state index contributed by atoms with van der Waals surface area (Å²) >= 11 is 0. The summed E-state index contributed by atoms with van der Waals surface area (Å²) in [5.74, 6) is 0.429. The van der Waals surface area contributed by atoms with E-state index in [0.717, 1.165) is 11.2 Å². The average molecular weight is 228 g/mol. The van der Waals surface area contributed by atoms with Gasteiger partial charge in [-0.05, 0) is 43.5 Å². The summed E-state index contributed by atoms with van der Waals surface area (Å²) in [4.78, 5) is 4.70. The second-order valence-corrected chi connectivity index (χ2v) is 5.10. The molecule has 17 heavy (non-hydrogen) atoms. The molecule has 90 valence electrons. The maximum Gasteiger partial charge on any atom is 0.0708 e. The largest absolute Gasteiger partial charge is 0.324 e. The minimum absolute atomic E-state index is 0.0415. The molecule has 0 saturated heterocycles. The van der Waals surface area contributed by atoms with Gasteiger partial charge in [0.25, 0.3) is 0 Å². The molecule has 1 unspecified atom stereocenters. The molecule has 0 amide bonds. The molecule has 2 nitrogen and oxygen atoms in total. The van der Waals surface area contributed by atoms with E-state index in [0.29, 0.717) is 5.92 Å². The Morgan fingerprint density at radius 2 is 1.82 bits per heavy atom. The summed E-state index contributed by atoms with van der Waals surface area (Å²) in [5.41, 5.74) is 10.7. The van der Waals surface area contributed by atoms with E-state index in [2.05, 4.69) is 45.0 Å². The molecule has 2 rings (SSSR count). The fraction of sp³-hybridized carbons (Fsp3) is 0.400.